The van der Waals surface area contributed by atoms with E-state index < -0.39 is 17.2 Å². The third-order valence-corrected chi connectivity index (χ3v) is 7.80. The third-order valence-electron chi connectivity index (χ3n) is 6.48. The van der Waals surface area contributed by atoms with Crippen molar-refractivity contribution in [2.45, 2.75) is 50.9 Å². The Hall–Kier alpha value is -1.99. The molecule has 5 nitrogen and oxygen atoms in total. The maximum Gasteiger partial charge on any atom is 0.325 e. The van der Waals surface area contributed by atoms with Crippen molar-refractivity contribution in [2.75, 3.05) is 6.61 Å². The molecule has 0 amide bonds. The molecule has 2 heterocycles. The lowest BCUT2D eigenvalue weighted by Crippen LogP contribution is -2.32. The minimum atomic E-state index is -0.539. The van der Waals surface area contributed by atoms with Gasteiger partial charge in [-0.1, -0.05) is 6.92 Å². The van der Waals surface area contributed by atoms with E-state index in [1.54, 1.807) is 11.3 Å². The first-order valence-corrected chi connectivity index (χ1v) is 10.8. The summed E-state index contributed by atoms with van der Waals surface area (Å²) in [6.45, 7) is 2.07. The molecule has 3 aliphatic rings. The van der Waals surface area contributed by atoms with Crippen LogP contribution in [0.2, 0.25) is 0 Å². The SMILES string of the molecule is CC1c2[nH]c(=O)[nH]c(=O)c2C(C2CC2)=C(F)C1c1cc2c(s1)CCC(CO)C2. The second-order valence-corrected chi connectivity index (χ2v) is 9.56. The molecule has 2 aromatic heterocycles. The summed E-state index contributed by atoms with van der Waals surface area (Å²) in [6.07, 6.45) is 4.46. The number of fused-ring (bicyclic) bond motifs is 2. The summed E-state index contributed by atoms with van der Waals surface area (Å²) < 4.78 is 15.8. The molecule has 0 spiro atoms. The van der Waals surface area contributed by atoms with Gasteiger partial charge in [0, 0.05) is 33.5 Å². The molecule has 0 bridgehead atoms. The first kappa shape index (κ1) is 18.1. The van der Waals surface area contributed by atoms with Crippen LogP contribution in [0, 0.1) is 11.8 Å². The molecule has 0 aliphatic heterocycles. The fraction of sp³-hybridized carbons (Fsp3) is 0.524. The van der Waals surface area contributed by atoms with Crippen molar-refractivity contribution in [1.29, 1.82) is 0 Å². The van der Waals surface area contributed by atoms with Crippen LogP contribution in [-0.4, -0.2) is 21.7 Å². The highest BCUT2D eigenvalue weighted by Crippen LogP contribution is 2.54. The van der Waals surface area contributed by atoms with Crippen LogP contribution in [-0.2, 0) is 12.8 Å². The number of aliphatic hydroxyl groups is 1. The van der Waals surface area contributed by atoms with E-state index in [2.05, 4.69) is 16.0 Å². The number of thiophene rings is 1. The second-order valence-electron chi connectivity index (χ2n) is 8.39. The van der Waals surface area contributed by atoms with E-state index in [1.807, 2.05) is 6.92 Å². The Bertz CT molecular complexity index is 1090. The molecule has 7 heteroatoms. The van der Waals surface area contributed by atoms with Gasteiger partial charge < -0.3 is 10.1 Å². The molecule has 5 rings (SSSR count). The number of halogens is 1. The average molecular weight is 402 g/mol. The first-order chi connectivity index (χ1) is 13.5. The summed E-state index contributed by atoms with van der Waals surface area (Å²) in [4.78, 5) is 31.7. The van der Waals surface area contributed by atoms with E-state index in [-0.39, 0.29) is 30.2 Å². The quantitative estimate of drug-likeness (QED) is 0.737. The van der Waals surface area contributed by atoms with Crippen molar-refractivity contribution >= 4 is 16.9 Å². The van der Waals surface area contributed by atoms with E-state index in [4.69, 9.17) is 0 Å². The zero-order chi connectivity index (χ0) is 19.6. The number of nitrogens with one attached hydrogen (secondary N) is 2. The molecular weight excluding hydrogens is 379 g/mol. The molecule has 1 fully saturated rings. The summed E-state index contributed by atoms with van der Waals surface area (Å²) >= 11 is 1.65. The molecule has 2 aromatic rings. The Labute approximate surface area is 165 Å². The van der Waals surface area contributed by atoms with E-state index in [0.29, 0.717) is 16.8 Å². The van der Waals surface area contributed by atoms with Crippen LogP contribution in [0.3, 0.4) is 0 Å². The summed E-state index contributed by atoms with van der Waals surface area (Å²) in [5.41, 5.74) is 1.57. The van der Waals surface area contributed by atoms with E-state index in [1.165, 1.54) is 10.4 Å². The molecule has 1 saturated carbocycles. The zero-order valence-electron chi connectivity index (χ0n) is 15.7. The molecule has 3 unspecified atom stereocenters. The Morgan fingerprint density at radius 1 is 1.25 bits per heavy atom. The lowest BCUT2D eigenvalue weighted by Gasteiger charge is -2.30. The fourth-order valence-electron chi connectivity index (χ4n) is 4.86. The second kappa shape index (κ2) is 6.52. The number of H-pyrrole nitrogens is 2. The van der Waals surface area contributed by atoms with Crippen molar-refractivity contribution in [2.24, 2.45) is 11.8 Å². The predicted octanol–water partition coefficient (Wildman–Crippen LogP) is 3.21. The van der Waals surface area contributed by atoms with Gasteiger partial charge in [-0.3, -0.25) is 9.78 Å². The van der Waals surface area contributed by atoms with Crippen molar-refractivity contribution in [1.82, 2.24) is 9.97 Å². The zero-order valence-corrected chi connectivity index (χ0v) is 16.5. The van der Waals surface area contributed by atoms with Gasteiger partial charge in [0.25, 0.3) is 5.56 Å². The van der Waals surface area contributed by atoms with Gasteiger partial charge in [0.05, 0.1) is 11.5 Å². The van der Waals surface area contributed by atoms with E-state index >= 15 is 4.39 Å². The Morgan fingerprint density at radius 3 is 2.75 bits per heavy atom. The number of hydrogen-bond acceptors (Lipinski definition) is 4. The van der Waals surface area contributed by atoms with Crippen LogP contribution in [0.25, 0.3) is 5.57 Å². The van der Waals surface area contributed by atoms with Gasteiger partial charge in [-0.15, -0.1) is 11.3 Å². The first-order valence-electron chi connectivity index (χ1n) is 9.96. The molecule has 3 N–H and O–H groups in total. The molecule has 3 aliphatic carbocycles. The maximum atomic E-state index is 15.8. The Kier molecular flexibility index (Phi) is 4.21. The van der Waals surface area contributed by atoms with Crippen LogP contribution in [0.5, 0.6) is 0 Å². The number of aromatic amines is 2. The number of allylic oxidation sites excluding steroid dienone is 2. The number of hydrogen-bond donors (Lipinski definition) is 3. The molecule has 28 heavy (non-hydrogen) atoms. The van der Waals surface area contributed by atoms with Crippen LogP contribution in [0.4, 0.5) is 4.39 Å². The van der Waals surface area contributed by atoms with Crippen molar-refractivity contribution in [3.05, 3.63) is 59.3 Å². The molecule has 0 radical (unpaired) electrons. The molecule has 0 aromatic carbocycles. The summed E-state index contributed by atoms with van der Waals surface area (Å²) in [7, 11) is 0. The Balaban J connectivity index is 1.65. The van der Waals surface area contributed by atoms with Crippen LogP contribution in [0.15, 0.2) is 21.5 Å². The highest BCUT2D eigenvalue weighted by atomic mass is 32.1. The van der Waals surface area contributed by atoms with Gasteiger partial charge in [-0.05, 0) is 55.6 Å². The van der Waals surface area contributed by atoms with Crippen molar-refractivity contribution in [3.63, 3.8) is 0 Å². The third kappa shape index (κ3) is 2.75. The Morgan fingerprint density at radius 2 is 2.04 bits per heavy atom. The lowest BCUT2D eigenvalue weighted by atomic mass is 9.77. The van der Waals surface area contributed by atoms with Gasteiger partial charge in [0.15, 0.2) is 0 Å². The van der Waals surface area contributed by atoms with Gasteiger partial charge >= 0.3 is 5.69 Å². The summed E-state index contributed by atoms with van der Waals surface area (Å²) in [5.74, 6) is -0.659. The minimum absolute atomic E-state index is 0.0640. The predicted molar refractivity (Wildman–Crippen MR) is 107 cm³/mol. The molecule has 3 atom stereocenters. The molecule has 0 saturated heterocycles. The molecular formula is C21H23FN2O3S. The van der Waals surface area contributed by atoms with Gasteiger partial charge in [0.1, 0.15) is 5.83 Å². The molecule has 148 valence electrons. The summed E-state index contributed by atoms with van der Waals surface area (Å²) in [6, 6.07) is 2.09. The van der Waals surface area contributed by atoms with Gasteiger partial charge in [0.2, 0.25) is 0 Å². The normalized spacial score (nSPS) is 26.9. The van der Waals surface area contributed by atoms with Crippen molar-refractivity contribution < 1.29 is 9.50 Å². The lowest BCUT2D eigenvalue weighted by molar-refractivity contribution is 0.214. The highest BCUT2D eigenvalue weighted by molar-refractivity contribution is 7.12. The van der Waals surface area contributed by atoms with Crippen LogP contribution >= 0.6 is 11.3 Å². The number of rotatable bonds is 3. The average Bonchev–Trinajstić information content (AvgIpc) is 3.41. The number of aryl methyl sites for hydroxylation is 1. The monoisotopic (exact) mass is 402 g/mol. The van der Waals surface area contributed by atoms with E-state index in [9.17, 15) is 14.7 Å². The highest BCUT2D eigenvalue weighted by Gasteiger charge is 2.43. The van der Waals surface area contributed by atoms with Gasteiger partial charge in [-0.25, -0.2) is 9.18 Å². The fourth-order valence-corrected chi connectivity index (χ4v) is 6.27. The topological polar surface area (TPSA) is 86.0 Å². The smallest absolute Gasteiger partial charge is 0.325 e. The maximum absolute atomic E-state index is 15.8. The minimum Gasteiger partial charge on any atom is -0.396 e. The standard InChI is InChI=1S/C21H23FN2O3S/c1-9-15(14-7-12-6-10(8-25)2-5-13(12)28-14)18(22)16(11-3-4-11)17-19(9)23-21(27)24-20(17)26/h7,9-11,15,25H,2-6,8H2,1H3,(H2,23,24,26,27). The van der Waals surface area contributed by atoms with Crippen LogP contribution in [0.1, 0.15) is 64.6 Å². The number of aliphatic hydroxyl groups excluding tert-OH is 1. The number of aromatic nitrogens is 2. The summed E-state index contributed by atoms with van der Waals surface area (Å²) in [5, 5.41) is 9.49. The van der Waals surface area contributed by atoms with Crippen molar-refractivity contribution in [3.8, 4) is 0 Å². The van der Waals surface area contributed by atoms with Crippen LogP contribution < -0.4 is 11.2 Å². The van der Waals surface area contributed by atoms with Gasteiger partial charge in [-0.2, -0.15) is 0 Å². The largest absolute Gasteiger partial charge is 0.396 e. The van der Waals surface area contributed by atoms with E-state index in [0.717, 1.165) is 37.0 Å².